The van der Waals surface area contributed by atoms with Crippen LogP contribution >= 0.6 is 11.6 Å². The molecule has 0 unspecified atom stereocenters. The van der Waals surface area contributed by atoms with E-state index in [1.165, 1.54) is 5.69 Å². The minimum atomic E-state index is 0.420. The summed E-state index contributed by atoms with van der Waals surface area (Å²) in [6.07, 6.45) is 1.94. The van der Waals surface area contributed by atoms with Crippen molar-refractivity contribution in [2.75, 3.05) is 14.1 Å². The quantitative estimate of drug-likeness (QED) is 0.835. The third-order valence-electron chi connectivity index (χ3n) is 2.73. The summed E-state index contributed by atoms with van der Waals surface area (Å²) in [6, 6.07) is 3.85. The number of hydrogen-bond acceptors (Lipinski definition) is 2. The van der Waals surface area contributed by atoms with E-state index in [1.54, 1.807) is 0 Å². The van der Waals surface area contributed by atoms with Crippen LogP contribution in [0.25, 0.3) is 5.65 Å². The molecule has 0 spiro atoms. The molecule has 0 aromatic carbocycles. The molecule has 0 aliphatic rings. The predicted octanol–water partition coefficient (Wildman–Crippen LogP) is 3.17. The van der Waals surface area contributed by atoms with Gasteiger partial charge in [-0.05, 0) is 32.1 Å². The molecular formula is C13H18ClN3. The molecule has 0 saturated carbocycles. The number of aromatic nitrogens is 2. The van der Waals surface area contributed by atoms with Crippen LogP contribution in [-0.2, 0) is 6.54 Å². The van der Waals surface area contributed by atoms with Crippen LogP contribution in [0.5, 0.6) is 0 Å². The first-order chi connectivity index (χ1) is 7.99. The highest BCUT2D eigenvalue weighted by molar-refractivity contribution is 6.30. The van der Waals surface area contributed by atoms with Crippen LogP contribution in [0.15, 0.2) is 18.3 Å². The van der Waals surface area contributed by atoms with E-state index in [1.807, 2.05) is 18.3 Å². The average Bonchev–Trinajstić information content (AvgIpc) is 2.56. The van der Waals surface area contributed by atoms with Gasteiger partial charge in [0.25, 0.3) is 0 Å². The smallest absolute Gasteiger partial charge is 0.137 e. The van der Waals surface area contributed by atoms with Gasteiger partial charge in [-0.2, -0.15) is 0 Å². The van der Waals surface area contributed by atoms with E-state index in [0.29, 0.717) is 5.92 Å². The van der Waals surface area contributed by atoms with Crippen LogP contribution < -0.4 is 0 Å². The van der Waals surface area contributed by atoms with Crippen LogP contribution in [0.3, 0.4) is 0 Å². The van der Waals surface area contributed by atoms with Gasteiger partial charge in [0.15, 0.2) is 0 Å². The lowest BCUT2D eigenvalue weighted by Gasteiger charge is -2.12. The molecule has 3 nitrogen and oxygen atoms in total. The van der Waals surface area contributed by atoms with Crippen LogP contribution in [0.2, 0.25) is 5.02 Å². The number of halogens is 1. The van der Waals surface area contributed by atoms with Gasteiger partial charge in [-0.3, -0.25) is 0 Å². The first-order valence-corrected chi connectivity index (χ1v) is 6.18. The zero-order chi connectivity index (χ0) is 12.6. The maximum Gasteiger partial charge on any atom is 0.137 e. The zero-order valence-corrected chi connectivity index (χ0v) is 11.5. The number of nitrogens with zero attached hydrogens (tertiary/aromatic N) is 3. The molecule has 0 amide bonds. The molecule has 2 aromatic heterocycles. The molecule has 2 heterocycles. The van der Waals surface area contributed by atoms with Crippen molar-refractivity contribution < 1.29 is 0 Å². The fourth-order valence-electron chi connectivity index (χ4n) is 2.00. The van der Waals surface area contributed by atoms with Gasteiger partial charge >= 0.3 is 0 Å². The third kappa shape index (κ3) is 2.45. The van der Waals surface area contributed by atoms with Gasteiger partial charge in [-0.15, -0.1) is 0 Å². The Balaban J connectivity index is 2.64. The molecule has 92 valence electrons. The standard InChI is InChI=1S/C13H18ClN3/c1-9(2)13-11(8-16(3)4)17-7-10(14)5-6-12(17)15-13/h5-7,9H,8H2,1-4H3. The first kappa shape index (κ1) is 12.4. The molecule has 0 fully saturated rings. The molecular weight excluding hydrogens is 234 g/mol. The van der Waals surface area contributed by atoms with Gasteiger partial charge in [-0.25, -0.2) is 4.98 Å². The Hall–Kier alpha value is -1.06. The molecule has 0 saturated heterocycles. The summed E-state index contributed by atoms with van der Waals surface area (Å²) in [5, 5.41) is 0.741. The van der Waals surface area contributed by atoms with Crippen molar-refractivity contribution in [3.63, 3.8) is 0 Å². The molecule has 0 aliphatic carbocycles. The Bertz CT molecular complexity index is 529. The molecule has 17 heavy (non-hydrogen) atoms. The highest BCUT2D eigenvalue weighted by Gasteiger charge is 2.15. The van der Waals surface area contributed by atoms with Gasteiger partial charge in [0.1, 0.15) is 5.65 Å². The van der Waals surface area contributed by atoms with E-state index < -0.39 is 0 Å². The summed E-state index contributed by atoms with van der Waals surface area (Å²) in [7, 11) is 4.13. The third-order valence-corrected chi connectivity index (χ3v) is 2.95. The van der Waals surface area contributed by atoms with Crippen molar-refractivity contribution in [3.8, 4) is 0 Å². The van der Waals surface area contributed by atoms with Crippen LogP contribution in [0.1, 0.15) is 31.2 Å². The minimum absolute atomic E-state index is 0.420. The summed E-state index contributed by atoms with van der Waals surface area (Å²) < 4.78 is 2.09. The number of fused-ring (bicyclic) bond motifs is 1. The van der Waals surface area contributed by atoms with Crippen LogP contribution in [0, 0.1) is 0 Å². The van der Waals surface area contributed by atoms with Crippen molar-refractivity contribution in [2.24, 2.45) is 0 Å². The fraction of sp³-hybridized carbons (Fsp3) is 0.462. The Labute approximate surface area is 107 Å². The van der Waals surface area contributed by atoms with Crippen molar-refractivity contribution in [3.05, 3.63) is 34.7 Å². The zero-order valence-electron chi connectivity index (χ0n) is 10.7. The Kier molecular flexibility index (Phi) is 3.40. The second-order valence-electron chi connectivity index (χ2n) is 4.91. The molecule has 4 heteroatoms. The Morgan fingerprint density at radius 3 is 2.65 bits per heavy atom. The number of pyridine rings is 1. The highest BCUT2D eigenvalue weighted by Crippen LogP contribution is 2.23. The molecule has 2 rings (SSSR count). The van der Waals surface area contributed by atoms with E-state index in [9.17, 15) is 0 Å². The Morgan fingerprint density at radius 2 is 2.06 bits per heavy atom. The van der Waals surface area contributed by atoms with Crippen LogP contribution in [-0.4, -0.2) is 28.4 Å². The van der Waals surface area contributed by atoms with Crippen molar-refractivity contribution in [2.45, 2.75) is 26.3 Å². The topological polar surface area (TPSA) is 20.5 Å². The van der Waals surface area contributed by atoms with E-state index in [0.717, 1.165) is 22.9 Å². The maximum atomic E-state index is 6.05. The Morgan fingerprint density at radius 1 is 1.35 bits per heavy atom. The molecule has 2 aromatic rings. The lowest BCUT2D eigenvalue weighted by atomic mass is 10.1. The monoisotopic (exact) mass is 251 g/mol. The summed E-state index contributed by atoms with van der Waals surface area (Å²) in [5.41, 5.74) is 3.35. The van der Waals surface area contributed by atoms with E-state index >= 15 is 0 Å². The van der Waals surface area contributed by atoms with Crippen LogP contribution in [0.4, 0.5) is 0 Å². The largest absolute Gasteiger partial charge is 0.304 e. The van der Waals surface area contributed by atoms with Gasteiger partial charge in [0, 0.05) is 12.7 Å². The van der Waals surface area contributed by atoms with E-state index in [-0.39, 0.29) is 0 Å². The fourth-order valence-corrected chi connectivity index (χ4v) is 2.17. The van der Waals surface area contributed by atoms with Crippen molar-refractivity contribution in [1.29, 1.82) is 0 Å². The van der Waals surface area contributed by atoms with Gasteiger partial charge in [0.05, 0.1) is 16.4 Å². The van der Waals surface area contributed by atoms with Crippen molar-refractivity contribution in [1.82, 2.24) is 14.3 Å². The lowest BCUT2D eigenvalue weighted by molar-refractivity contribution is 0.393. The van der Waals surface area contributed by atoms with Crippen molar-refractivity contribution >= 4 is 17.2 Å². The molecule has 0 atom stereocenters. The van der Waals surface area contributed by atoms with E-state index in [4.69, 9.17) is 11.6 Å². The summed E-state index contributed by atoms with van der Waals surface area (Å²) in [4.78, 5) is 6.83. The summed E-state index contributed by atoms with van der Waals surface area (Å²) in [6.45, 7) is 5.21. The highest BCUT2D eigenvalue weighted by atomic mass is 35.5. The molecule has 0 N–H and O–H groups in total. The summed E-state index contributed by atoms with van der Waals surface area (Å²) in [5.74, 6) is 0.420. The predicted molar refractivity (Wildman–Crippen MR) is 71.7 cm³/mol. The first-order valence-electron chi connectivity index (χ1n) is 5.80. The number of hydrogen-bond donors (Lipinski definition) is 0. The number of imidazole rings is 1. The normalized spacial score (nSPS) is 11.9. The molecule has 0 bridgehead atoms. The van der Waals surface area contributed by atoms with E-state index in [2.05, 4.69) is 42.2 Å². The SMILES string of the molecule is CC(C)c1nc2ccc(Cl)cn2c1CN(C)C. The second-order valence-corrected chi connectivity index (χ2v) is 5.35. The average molecular weight is 252 g/mol. The van der Waals surface area contributed by atoms with Gasteiger partial charge in [0.2, 0.25) is 0 Å². The minimum Gasteiger partial charge on any atom is -0.304 e. The molecule has 0 radical (unpaired) electrons. The van der Waals surface area contributed by atoms with Gasteiger partial charge < -0.3 is 9.30 Å². The number of rotatable bonds is 3. The maximum absolute atomic E-state index is 6.05. The van der Waals surface area contributed by atoms with Gasteiger partial charge in [-0.1, -0.05) is 25.4 Å². The second kappa shape index (κ2) is 4.67. The summed E-state index contributed by atoms with van der Waals surface area (Å²) >= 11 is 6.05. The molecule has 0 aliphatic heterocycles. The lowest BCUT2D eigenvalue weighted by Crippen LogP contribution is -2.14.